The van der Waals surface area contributed by atoms with Crippen LogP contribution in [0.2, 0.25) is 0 Å². The number of ether oxygens (including phenoxy) is 1. The predicted molar refractivity (Wildman–Crippen MR) is 105 cm³/mol. The first-order chi connectivity index (χ1) is 13.2. The number of carbonyl (C=O) groups excluding carboxylic acids is 1. The normalized spacial score (nSPS) is 38.7. The fourth-order valence-corrected chi connectivity index (χ4v) is 6.18. The largest absolute Gasteiger partial charge is 0.366 e. The molecule has 4 fully saturated rings. The Labute approximate surface area is 163 Å². The van der Waals surface area contributed by atoms with Crippen molar-refractivity contribution < 1.29 is 9.53 Å². The summed E-state index contributed by atoms with van der Waals surface area (Å²) in [6.45, 7) is 5.14. The molecular weight excluding hydrogens is 338 g/mol. The highest BCUT2D eigenvalue weighted by atomic mass is 16.5. The molecule has 27 heavy (non-hydrogen) atoms. The number of nitrogens with zero attached hydrogens (tertiary/aromatic N) is 1. The van der Waals surface area contributed by atoms with Gasteiger partial charge in [0.2, 0.25) is 5.91 Å². The molecule has 2 N–H and O–H groups in total. The van der Waals surface area contributed by atoms with Gasteiger partial charge in [-0.25, -0.2) is 0 Å². The highest BCUT2D eigenvalue weighted by molar-refractivity contribution is 5.79. The van der Waals surface area contributed by atoms with Crippen molar-refractivity contribution in [3.8, 4) is 0 Å². The second-order valence-corrected chi connectivity index (χ2v) is 9.54. The first kappa shape index (κ1) is 18.1. The van der Waals surface area contributed by atoms with Crippen LogP contribution in [0, 0.1) is 11.8 Å². The summed E-state index contributed by atoms with van der Waals surface area (Å²) in [7, 11) is 0. The number of carbonyl (C=O) groups is 1. The Balaban J connectivity index is 1.18. The molecule has 5 aliphatic rings. The summed E-state index contributed by atoms with van der Waals surface area (Å²) >= 11 is 0. The van der Waals surface area contributed by atoms with E-state index in [2.05, 4.69) is 21.6 Å². The lowest BCUT2D eigenvalue weighted by atomic mass is 9.76. The smallest absolute Gasteiger partial charge is 0.225 e. The van der Waals surface area contributed by atoms with E-state index in [-0.39, 0.29) is 11.5 Å². The van der Waals surface area contributed by atoms with Gasteiger partial charge in [0.1, 0.15) is 0 Å². The van der Waals surface area contributed by atoms with Crippen LogP contribution in [0.15, 0.2) is 11.6 Å². The van der Waals surface area contributed by atoms with Crippen LogP contribution in [0.1, 0.15) is 57.8 Å². The maximum absolute atomic E-state index is 12.7. The minimum absolute atomic E-state index is 0.109. The van der Waals surface area contributed by atoms with Crippen molar-refractivity contribution >= 4 is 5.91 Å². The third kappa shape index (κ3) is 3.58. The molecule has 5 heteroatoms. The Morgan fingerprint density at radius 2 is 1.85 bits per heavy atom. The highest BCUT2D eigenvalue weighted by Gasteiger charge is 2.45. The van der Waals surface area contributed by atoms with E-state index in [1.807, 2.05) is 0 Å². The molecule has 1 spiro atoms. The number of nitrogens with one attached hydrogen (secondary N) is 2. The molecule has 3 saturated heterocycles. The van der Waals surface area contributed by atoms with E-state index in [4.69, 9.17) is 4.74 Å². The molecule has 1 saturated carbocycles. The number of hydrogen-bond acceptors (Lipinski definition) is 4. The number of piperidine rings is 1. The summed E-state index contributed by atoms with van der Waals surface area (Å²) in [5.41, 5.74) is 1.66. The molecule has 4 heterocycles. The Bertz CT molecular complexity index is 584. The van der Waals surface area contributed by atoms with Crippen molar-refractivity contribution in [1.82, 2.24) is 15.5 Å². The van der Waals surface area contributed by atoms with Crippen LogP contribution in [0.5, 0.6) is 0 Å². The van der Waals surface area contributed by atoms with Crippen LogP contribution in [0.3, 0.4) is 0 Å². The average Bonchev–Trinajstić information content (AvgIpc) is 3.35. The second-order valence-electron chi connectivity index (χ2n) is 9.54. The Kier molecular flexibility index (Phi) is 5.03. The van der Waals surface area contributed by atoms with Gasteiger partial charge in [0.05, 0.1) is 11.7 Å². The molecule has 2 atom stereocenters. The summed E-state index contributed by atoms with van der Waals surface area (Å²) in [6, 6.07) is 0.486. The van der Waals surface area contributed by atoms with Crippen molar-refractivity contribution in [2.75, 3.05) is 32.7 Å². The SMILES string of the molecule is O=C(C1CCC(C2C=C3CC4(CCNCC4)OC3CN2)CC1)N1CCCC1. The molecule has 1 aliphatic carbocycles. The quantitative estimate of drug-likeness (QED) is 0.729. The van der Waals surface area contributed by atoms with E-state index < -0.39 is 0 Å². The Hall–Kier alpha value is -0.910. The molecule has 2 unspecified atom stereocenters. The van der Waals surface area contributed by atoms with Gasteiger partial charge in [-0.05, 0) is 75.9 Å². The highest BCUT2D eigenvalue weighted by Crippen LogP contribution is 2.43. The van der Waals surface area contributed by atoms with Gasteiger partial charge < -0.3 is 20.3 Å². The van der Waals surface area contributed by atoms with Gasteiger partial charge in [-0.3, -0.25) is 4.79 Å². The van der Waals surface area contributed by atoms with Crippen LogP contribution in [-0.4, -0.2) is 61.3 Å². The van der Waals surface area contributed by atoms with Crippen molar-refractivity contribution in [3.63, 3.8) is 0 Å². The fraction of sp³-hybridized carbons (Fsp3) is 0.864. The summed E-state index contributed by atoms with van der Waals surface area (Å²) in [5.74, 6) is 1.42. The monoisotopic (exact) mass is 373 g/mol. The first-order valence-corrected chi connectivity index (χ1v) is 11.3. The van der Waals surface area contributed by atoms with Gasteiger partial charge in [0.25, 0.3) is 0 Å². The summed E-state index contributed by atoms with van der Waals surface area (Å²) < 4.78 is 6.51. The standard InChI is InChI=1S/C22H35N3O2/c26-21(25-11-1-2-12-25)17-5-3-16(4-6-17)19-13-18-14-22(7-9-23-10-8-22)27-20(18)15-24-19/h13,16-17,19-20,23-24H,1-12,14-15H2. The van der Waals surface area contributed by atoms with Crippen molar-refractivity contribution in [3.05, 3.63) is 11.6 Å². The zero-order valence-electron chi connectivity index (χ0n) is 16.5. The third-order valence-electron chi connectivity index (χ3n) is 7.83. The minimum Gasteiger partial charge on any atom is -0.366 e. The zero-order valence-corrected chi connectivity index (χ0v) is 16.5. The number of fused-ring (bicyclic) bond motifs is 1. The molecule has 0 aromatic rings. The minimum atomic E-state index is 0.109. The molecule has 4 aliphatic heterocycles. The molecule has 0 bridgehead atoms. The number of amides is 1. The van der Waals surface area contributed by atoms with Gasteiger partial charge in [-0.2, -0.15) is 0 Å². The summed E-state index contributed by atoms with van der Waals surface area (Å²) in [5, 5.41) is 7.23. The molecule has 150 valence electrons. The molecule has 0 aromatic heterocycles. The summed E-state index contributed by atoms with van der Waals surface area (Å²) in [6.07, 6.45) is 13.2. The van der Waals surface area contributed by atoms with Crippen molar-refractivity contribution in [2.45, 2.75) is 75.5 Å². The van der Waals surface area contributed by atoms with E-state index >= 15 is 0 Å². The number of hydrogen-bond donors (Lipinski definition) is 2. The van der Waals surface area contributed by atoms with Gasteiger partial charge in [0, 0.05) is 38.0 Å². The predicted octanol–water partition coefficient (Wildman–Crippen LogP) is 2.22. The third-order valence-corrected chi connectivity index (χ3v) is 7.83. The maximum atomic E-state index is 12.7. The number of rotatable bonds is 2. The van der Waals surface area contributed by atoms with E-state index in [1.165, 1.54) is 25.7 Å². The molecule has 0 radical (unpaired) electrons. The fourth-order valence-electron chi connectivity index (χ4n) is 6.18. The summed E-state index contributed by atoms with van der Waals surface area (Å²) in [4.78, 5) is 14.8. The van der Waals surface area contributed by atoms with Crippen LogP contribution in [0.4, 0.5) is 0 Å². The second kappa shape index (κ2) is 7.49. The molecule has 1 amide bonds. The lowest BCUT2D eigenvalue weighted by Crippen LogP contribution is -2.46. The Morgan fingerprint density at radius 3 is 2.59 bits per heavy atom. The van der Waals surface area contributed by atoms with Gasteiger partial charge in [-0.15, -0.1) is 0 Å². The number of likely N-dealkylation sites (tertiary alicyclic amines) is 1. The first-order valence-electron chi connectivity index (χ1n) is 11.3. The van der Waals surface area contributed by atoms with E-state index in [0.29, 0.717) is 24.0 Å². The lowest BCUT2D eigenvalue weighted by Gasteiger charge is -2.36. The van der Waals surface area contributed by atoms with Crippen LogP contribution in [-0.2, 0) is 9.53 Å². The van der Waals surface area contributed by atoms with Gasteiger partial charge in [0.15, 0.2) is 0 Å². The van der Waals surface area contributed by atoms with Crippen molar-refractivity contribution in [2.24, 2.45) is 11.8 Å². The maximum Gasteiger partial charge on any atom is 0.225 e. The van der Waals surface area contributed by atoms with Crippen LogP contribution >= 0.6 is 0 Å². The molecular formula is C22H35N3O2. The zero-order chi connectivity index (χ0) is 18.3. The van der Waals surface area contributed by atoms with E-state index in [9.17, 15) is 4.79 Å². The van der Waals surface area contributed by atoms with Crippen molar-refractivity contribution in [1.29, 1.82) is 0 Å². The van der Waals surface area contributed by atoms with Gasteiger partial charge >= 0.3 is 0 Å². The van der Waals surface area contributed by atoms with Crippen LogP contribution < -0.4 is 10.6 Å². The van der Waals surface area contributed by atoms with E-state index in [1.54, 1.807) is 5.57 Å². The molecule has 5 rings (SSSR count). The van der Waals surface area contributed by atoms with Crippen LogP contribution in [0.25, 0.3) is 0 Å². The topological polar surface area (TPSA) is 53.6 Å². The Morgan fingerprint density at radius 1 is 1.11 bits per heavy atom. The average molecular weight is 374 g/mol. The molecule has 5 nitrogen and oxygen atoms in total. The van der Waals surface area contributed by atoms with Gasteiger partial charge in [-0.1, -0.05) is 6.08 Å². The molecule has 0 aromatic carbocycles. The van der Waals surface area contributed by atoms with E-state index in [0.717, 1.165) is 64.8 Å². The lowest BCUT2D eigenvalue weighted by molar-refractivity contribution is -0.135.